The first kappa shape index (κ1) is 17.3. The number of imide groups is 1. The first-order chi connectivity index (χ1) is 12.8. The molecule has 1 saturated heterocycles. The largest absolute Gasteiger partial charge is 0.506 e. The second-order valence-electron chi connectivity index (χ2n) is 6.44. The van der Waals surface area contributed by atoms with Crippen molar-refractivity contribution >= 4 is 29.4 Å². The molecule has 2 aromatic carbocycles. The Kier molecular flexibility index (Phi) is 3.81. The number of halogens is 2. The van der Waals surface area contributed by atoms with E-state index in [4.69, 9.17) is 11.6 Å². The van der Waals surface area contributed by atoms with Gasteiger partial charge in [-0.25, -0.2) is 9.18 Å². The third-order valence-corrected chi connectivity index (χ3v) is 5.06. The molecule has 0 spiro atoms. The summed E-state index contributed by atoms with van der Waals surface area (Å²) in [5.74, 6) is -1.66. The van der Waals surface area contributed by atoms with Crippen LogP contribution in [0.25, 0.3) is 0 Å². The summed E-state index contributed by atoms with van der Waals surface area (Å²) in [7, 11) is 0. The zero-order valence-corrected chi connectivity index (χ0v) is 14.5. The van der Waals surface area contributed by atoms with Crippen LogP contribution < -0.4 is 10.6 Å². The Morgan fingerprint density at radius 2 is 1.89 bits per heavy atom. The number of carbonyl (C=O) groups is 3. The summed E-state index contributed by atoms with van der Waals surface area (Å²) in [6, 6.07) is 7.18. The number of urea groups is 1. The lowest BCUT2D eigenvalue weighted by Gasteiger charge is -2.31. The molecule has 0 bridgehead atoms. The average Bonchev–Trinajstić information content (AvgIpc) is 3.06. The van der Waals surface area contributed by atoms with Gasteiger partial charge < -0.3 is 15.3 Å². The van der Waals surface area contributed by atoms with Crippen LogP contribution in [-0.2, 0) is 16.9 Å². The lowest BCUT2D eigenvalue weighted by molar-refractivity contribution is -0.124. The Morgan fingerprint density at radius 3 is 2.52 bits per heavy atom. The van der Waals surface area contributed by atoms with E-state index in [1.807, 2.05) is 0 Å². The number of hydrogen-bond acceptors (Lipinski definition) is 4. The Labute approximate surface area is 157 Å². The number of rotatable bonds is 3. The molecule has 1 fully saturated rings. The van der Waals surface area contributed by atoms with Gasteiger partial charge in [-0.15, -0.1) is 0 Å². The second kappa shape index (κ2) is 5.95. The minimum atomic E-state index is -1.55. The van der Waals surface area contributed by atoms with Crippen molar-refractivity contribution in [1.82, 2.24) is 15.5 Å². The summed E-state index contributed by atoms with van der Waals surface area (Å²) in [6.07, 6.45) is 0. The quantitative estimate of drug-likeness (QED) is 0.698. The summed E-state index contributed by atoms with van der Waals surface area (Å²) in [4.78, 5) is 38.5. The maximum absolute atomic E-state index is 13.3. The molecule has 1 atom stereocenters. The van der Waals surface area contributed by atoms with E-state index in [0.29, 0.717) is 16.7 Å². The molecule has 2 aliphatic heterocycles. The van der Waals surface area contributed by atoms with Crippen molar-refractivity contribution in [2.75, 3.05) is 6.54 Å². The highest BCUT2D eigenvalue weighted by molar-refractivity contribution is 6.32. The summed E-state index contributed by atoms with van der Waals surface area (Å²) >= 11 is 5.88. The molecular formula is C18H13ClFN3O4. The number of fused-ring (bicyclic) bond motifs is 1. The van der Waals surface area contributed by atoms with Crippen LogP contribution >= 0.6 is 11.6 Å². The van der Waals surface area contributed by atoms with Gasteiger partial charge in [0.15, 0.2) is 5.54 Å². The highest BCUT2D eigenvalue weighted by atomic mass is 35.5. The highest BCUT2D eigenvalue weighted by Gasteiger charge is 2.50. The van der Waals surface area contributed by atoms with Crippen LogP contribution in [0.15, 0.2) is 36.4 Å². The molecule has 27 heavy (non-hydrogen) atoms. The number of carbonyl (C=O) groups excluding carboxylic acids is 3. The second-order valence-corrected chi connectivity index (χ2v) is 6.85. The van der Waals surface area contributed by atoms with Crippen LogP contribution in [0.3, 0.4) is 0 Å². The molecule has 2 aliphatic rings. The van der Waals surface area contributed by atoms with E-state index in [2.05, 4.69) is 10.6 Å². The van der Waals surface area contributed by atoms with Gasteiger partial charge in [-0.1, -0.05) is 23.7 Å². The first-order valence-corrected chi connectivity index (χ1v) is 8.38. The topological polar surface area (TPSA) is 98.7 Å². The van der Waals surface area contributed by atoms with E-state index in [-0.39, 0.29) is 29.8 Å². The van der Waals surface area contributed by atoms with Gasteiger partial charge in [-0.05, 0) is 35.4 Å². The van der Waals surface area contributed by atoms with Gasteiger partial charge in [0, 0.05) is 12.1 Å². The van der Waals surface area contributed by atoms with Crippen LogP contribution in [0.4, 0.5) is 9.18 Å². The molecule has 0 aromatic heterocycles. The lowest BCUT2D eigenvalue weighted by atomic mass is 9.89. The van der Waals surface area contributed by atoms with Crippen LogP contribution in [0, 0.1) is 5.82 Å². The van der Waals surface area contributed by atoms with Gasteiger partial charge in [-0.3, -0.25) is 14.9 Å². The van der Waals surface area contributed by atoms with Crippen LogP contribution in [-0.4, -0.2) is 34.4 Å². The number of phenolic OH excluding ortho intramolecular Hbond substituents is 1. The fraction of sp³-hybridized carbons (Fsp3) is 0.167. The van der Waals surface area contributed by atoms with Crippen molar-refractivity contribution < 1.29 is 23.9 Å². The number of amides is 4. The number of nitrogens with zero attached hydrogens (tertiary/aromatic N) is 1. The van der Waals surface area contributed by atoms with Crippen LogP contribution in [0.5, 0.6) is 5.75 Å². The molecule has 0 radical (unpaired) electrons. The zero-order chi connectivity index (χ0) is 19.3. The third kappa shape index (κ3) is 2.69. The monoisotopic (exact) mass is 389 g/mol. The van der Waals surface area contributed by atoms with E-state index in [9.17, 15) is 23.9 Å². The standard InChI is InChI=1S/C18H13ClFN3O4/c19-13-6-12-9(5-14(13)24)7-23(15(12)25)8-18(16(26)21-17(27)22-18)10-1-3-11(20)4-2-10/h1-6,24H,7-8H2,(H2,21,22,26,27)/t18-/m0/s1. The normalized spacial score (nSPS) is 21.3. The molecular weight excluding hydrogens is 377 g/mol. The molecule has 2 heterocycles. The Morgan fingerprint density at radius 1 is 1.19 bits per heavy atom. The first-order valence-electron chi connectivity index (χ1n) is 8.00. The third-order valence-electron chi connectivity index (χ3n) is 4.76. The van der Waals surface area contributed by atoms with Crippen molar-refractivity contribution in [2.45, 2.75) is 12.1 Å². The van der Waals surface area contributed by atoms with Gasteiger partial charge in [0.2, 0.25) is 0 Å². The number of hydrogen-bond donors (Lipinski definition) is 3. The molecule has 0 unspecified atom stereocenters. The molecule has 9 heteroatoms. The van der Waals surface area contributed by atoms with Gasteiger partial charge in [0.25, 0.3) is 11.8 Å². The van der Waals surface area contributed by atoms with Crippen molar-refractivity contribution in [3.8, 4) is 5.75 Å². The molecule has 0 saturated carbocycles. The molecule has 138 valence electrons. The summed E-state index contributed by atoms with van der Waals surface area (Å²) < 4.78 is 13.3. The SMILES string of the molecule is O=C1NC(=O)[C@](CN2Cc3cc(O)c(Cl)cc3C2=O)(c2ccc(F)cc2)N1. The molecule has 4 rings (SSSR count). The highest BCUT2D eigenvalue weighted by Crippen LogP contribution is 2.35. The van der Waals surface area contributed by atoms with Gasteiger partial charge in [0.05, 0.1) is 11.6 Å². The average molecular weight is 390 g/mol. The Balaban J connectivity index is 1.72. The van der Waals surface area contributed by atoms with Crippen molar-refractivity contribution in [1.29, 1.82) is 0 Å². The van der Waals surface area contributed by atoms with Gasteiger partial charge in [-0.2, -0.15) is 0 Å². The maximum Gasteiger partial charge on any atom is 0.322 e. The summed E-state index contributed by atoms with van der Waals surface area (Å²) in [6.45, 7) is -0.0346. The van der Waals surface area contributed by atoms with Gasteiger partial charge >= 0.3 is 6.03 Å². The van der Waals surface area contributed by atoms with E-state index >= 15 is 0 Å². The summed E-state index contributed by atoms with van der Waals surface area (Å²) in [5.41, 5.74) is -0.330. The van der Waals surface area contributed by atoms with Crippen molar-refractivity contribution in [3.63, 3.8) is 0 Å². The molecule has 7 nitrogen and oxygen atoms in total. The van der Waals surface area contributed by atoms with E-state index in [1.54, 1.807) is 0 Å². The molecule has 2 aromatic rings. The molecule has 4 amide bonds. The zero-order valence-electron chi connectivity index (χ0n) is 13.8. The maximum atomic E-state index is 13.3. The van der Waals surface area contributed by atoms with E-state index in [1.165, 1.54) is 41.3 Å². The smallest absolute Gasteiger partial charge is 0.322 e. The minimum Gasteiger partial charge on any atom is -0.506 e. The predicted octanol–water partition coefficient (Wildman–Crippen LogP) is 1.88. The molecule has 3 N–H and O–H groups in total. The summed E-state index contributed by atoms with van der Waals surface area (Å²) in [5, 5.41) is 14.5. The van der Waals surface area contributed by atoms with Crippen LogP contribution in [0.2, 0.25) is 5.02 Å². The Hall–Kier alpha value is -3.13. The number of nitrogens with one attached hydrogen (secondary N) is 2. The number of phenols is 1. The van der Waals surface area contributed by atoms with E-state index in [0.717, 1.165) is 0 Å². The fourth-order valence-corrected chi connectivity index (χ4v) is 3.59. The number of benzene rings is 2. The van der Waals surface area contributed by atoms with Crippen LogP contribution in [0.1, 0.15) is 21.5 Å². The molecule has 0 aliphatic carbocycles. The minimum absolute atomic E-state index is 0.0455. The predicted molar refractivity (Wildman–Crippen MR) is 92.6 cm³/mol. The van der Waals surface area contributed by atoms with Crippen molar-refractivity contribution in [2.24, 2.45) is 0 Å². The van der Waals surface area contributed by atoms with Crippen molar-refractivity contribution in [3.05, 3.63) is 63.9 Å². The fourth-order valence-electron chi connectivity index (χ4n) is 3.43. The lowest BCUT2D eigenvalue weighted by Crippen LogP contribution is -2.52. The van der Waals surface area contributed by atoms with E-state index < -0.39 is 23.3 Å². The number of aromatic hydroxyl groups is 1. The van der Waals surface area contributed by atoms with Gasteiger partial charge in [0.1, 0.15) is 11.6 Å². The Bertz CT molecular complexity index is 995.